The molecule has 0 saturated carbocycles. The molecule has 0 unspecified atom stereocenters. The van der Waals surface area contributed by atoms with Crippen LogP contribution in [0.1, 0.15) is 38.3 Å². The molecular formula is C14H20N4OS. The molecule has 1 heterocycles. The normalized spacial score (nSPS) is 12.6. The van der Waals surface area contributed by atoms with E-state index >= 15 is 0 Å². The Morgan fingerprint density at radius 2 is 2.05 bits per heavy atom. The lowest BCUT2D eigenvalue weighted by atomic mass is 10.1. The van der Waals surface area contributed by atoms with Crippen molar-refractivity contribution in [2.75, 3.05) is 0 Å². The highest BCUT2D eigenvalue weighted by molar-refractivity contribution is 7.99. The van der Waals surface area contributed by atoms with Crippen LogP contribution in [0.2, 0.25) is 0 Å². The third-order valence-electron chi connectivity index (χ3n) is 3.13. The van der Waals surface area contributed by atoms with Crippen LogP contribution in [0.3, 0.4) is 0 Å². The third kappa shape index (κ3) is 3.32. The Morgan fingerprint density at radius 1 is 1.35 bits per heavy atom. The molecule has 108 valence electrons. The Balaban J connectivity index is 2.16. The van der Waals surface area contributed by atoms with Gasteiger partial charge in [-0.3, -0.25) is 4.57 Å². The molecule has 6 heteroatoms. The van der Waals surface area contributed by atoms with Crippen LogP contribution in [0, 0.1) is 0 Å². The molecule has 1 aromatic heterocycles. The van der Waals surface area contributed by atoms with E-state index in [0.29, 0.717) is 11.7 Å². The van der Waals surface area contributed by atoms with Gasteiger partial charge in [0.1, 0.15) is 0 Å². The van der Waals surface area contributed by atoms with Crippen LogP contribution >= 0.6 is 11.8 Å². The number of hydrogen-bond acceptors (Lipinski definition) is 4. The van der Waals surface area contributed by atoms with Gasteiger partial charge in [0.05, 0.1) is 0 Å². The van der Waals surface area contributed by atoms with Crippen molar-refractivity contribution in [3.05, 3.63) is 40.3 Å². The van der Waals surface area contributed by atoms with Gasteiger partial charge in [-0.15, -0.1) is 5.10 Å². The van der Waals surface area contributed by atoms with E-state index in [9.17, 15) is 4.79 Å². The van der Waals surface area contributed by atoms with Crippen LogP contribution in [0.25, 0.3) is 0 Å². The molecule has 0 aliphatic rings. The SMILES string of the molecule is CCCn1c(Sc2ccc([C@H](N)CC)cc2)n[nH]c1=O. The molecule has 1 atom stereocenters. The molecule has 1 aromatic carbocycles. The molecule has 2 aromatic rings. The molecular weight excluding hydrogens is 272 g/mol. The Morgan fingerprint density at radius 3 is 2.65 bits per heavy atom. The topological polar surface area (TPSA) is 76.7 Å². The quantitative estimate of drug-likeness (QED) is 0.857. The van der Waals surface area contributed by atoms with Gasteiger partial charge in [-0.1, -0.05) is 26.0 Å². The minimum Gasteiger partial charge on any atom is -0.324 e. The number of nitrogens with two attached hydrogens (primary N) is 1. The predicted octanol–water partition coefficient (Wildman–Crippen LogP) is 2.54. The van der Waals surface area contributed by atoms with Gasteiger partial charge in [-0.2, -0.15) is 0 Å². The van der Waals surface area contributed by atoms with Gasteiger partial charge in [0.15, 0.2) is 5.16 Å². The summed E-state index contributed by atoms with van der Waals surface area (Å²) in [4.78, 5) is 12.7. The van der Waals surface area contributed by atoms with Gasteiger partial charge < -0.3 is 5.73 Å². The van der Waals surface area contributed by atoms with Crippen LogP contribution in [-0.2, 0) is 6.54 Å². The average Bonchev–Trinajstić information content (AvgIpc) is 2.81. The fourth-order valence-corrected chi connectivity index (χ4v) is 2.78. The van der Waals surface area contributed by atoms with Crippen molar-refractivity contribution in [3.8, 4) is 0 Å². The smallest absolute Gasteiger partial charge is 0.324 e. The molecule has 0 radical (unpaired) electrons. The first kappa shape index (κ1) is 14.9. The van der Waals surface area contributed by atoms with Crippen molar-refractivity contribution in [1.29, 1.82) is 0 Å². The second-order valence-corrected chi connectivity index (χ2v) is 5.69. The van der Waals surface area contributed by atoms with Gasteiger partial charge in [-0.05, 0) is 42.3 Å². The number of aromatic nitrogens is 3. The lowest BCUT2D eigenvalue weighted by Crippen LogP contribution is -2.17. The third-order valence-corrected chi connectivity index (χ3v) is 4.13. The van der Waals surface area contributed by atoms with Crippen molar-refractivity contribution in [2.24, 2.45) is 5.73 Å². The van der Waals surface area contributed by atoms with Crippen LogP contribution in [-0.4, -0.2) is 14.8 Å². The number of aromatic amines is 1. The molecule has 0 saturated heterocycles. The summed E-state index contributed by atoms with van der Waals surface area (Å²) >= 11 is 1.48. The van der Waals surface area contributed by atoms with E-state index in [-0.39, 0.29) is 11.7 Å². The number of nitrogens with zero attached hydrogens (tertiary/aromatic N) is 2. The number of rotatable bonds is 6. The molecule has 3 N–H and O–H groups in total. The van der Waals surface area contributed by atoms with E-state index in [1.165, 1.54) is 11.8 Å². The Hall–Kier alpha value is -1.53. The van der Waals surface area contributed by atoms with Crippen molar-refractivity contribution >= 4 is 11.8 Å². The minimum atomic E-state index is -0.154. The lowest BCUT2D eigenvalue weighted by Gasteiger charge is -2.09. The number of benzene rings is 1. The van der Waals surface area contributed by atoms with Gasteiger partial charge >= 0.3 is 5.69 Å². The first-order valence-electron chi connectivity index (χ1n) is 6.84. The van der Waals surface area contributed by atoms with E-state index in [2.05, 4.69) is 17.1 Å². The summed E-state index contributed by atoms with van der Waals surface area (Å²) in [7, 11) is 0. The Bertz CT molecular complexity index is 602. The molecule has 0 fully saturated rings. The van der Waals surface area contributed by atoms with Crippen molar-refractivity contribution < 1.29 is 0 Å². The minimum absolute atomic E-state index is 0.0812. The molecule has 0 aliphatic heterocycles. The fourth-order valence-electron chi connectivity index (χ4n) is 1.93. The Labute approximate surface area is 122 Å². The maximum Gasteiger partial charge on any atom is 0.343 e. The Kier molecular flexibility index (Phi) is 5.03. The van der Waals surface area contributed by atoms with Crippen molar-refractivity contribution in [1.82, 2.24) is 14.8 Å². The predicted molar refractivity (Wildman–Crippen MR) is 80.9 cm³/mol. The standard InChI is InChI=1S/C14H20N4OS/c1-3-9-18-13(19)16-17-14(18)20-11-7-5-10(6-8-11)12(15)4-2/h5-8,12H,3-4,9,15H2,1-2H3,(H,16,19)/t12-/m1/s1. The maximum atomic E-state index is 11.6. The second-order valence-electron chi connectivity index (χ2n) is 4.65. The summed E-state index contributed by atoms with van der Waals surface area (Å²) in [6.45, 7) is 4.78. The average molecular weight is 292 g/mol. The van der Waals surface area contributed by atoms with Gasteiger partial charge in [0.25, 0.3) is 0 Å². The summed E-state index contributed by atoms with van der Waals surface area (Å²) in [5.74, 6) is 0. The molecule has 0 bridgehead atoms. The highest BCUT2D eigenvalue weighted by atomic mass is 32.2. The first-order chi connectivity index (χ1) is 9.65. The van der Waals surface area contributed by atoms with E-state index in [0.717, 1.165) is 23.3 Å². The summed E-state index contributed by atoms with van der Waals surface area (Å²) in [5, 5.41) is 7.26. The van der Waals surface area contributed by atoms with Crippen molar-refractivity contribution in [3.63, 3.8) is 0 Å². The monoisotopic (exact) mass is 292 g/mol. The first-order valence-corrected chi connectivity index (χ1v) is 7.66. The van der Waals surface area contributed by atoms with Crippen LogP contribution < -0.4 is 11.4 Å². The molecule has 2 rings (SSSR count). The molecule has 0 amide bonds. The largest absolute Gasteiger partial charge is 0.343 e. The summed E-state index contributed by atoms with van der Waals surface area (Å²) < 4.78 is 1.66. The summed E-state index contributed by atoms with van der Waals surface area (Å²) in [6.07, 6.45) is 1.82. The highest BCUT2D eigenvalue weighted by Gasteiger charge is 2.09. The van der Waals surface area contributed by atoms with E-state index in [1.807, 2.05) is 31.2 Å². The molecule has 0 spiro atoms. The van der Waals surface area contributed by atoms with Crippen LogP contribution in [0.15, 0.2) is 39.1 Å². The van der Waals surface area contributed by atoms with Gasteiger partial charge in [0, 0.05) is 17.5 Å². The zero-order valence-corrected chi connectivity index (χ0v) is 12.6. The zero-order valence-electron chi connectivity index (χ0n) is 11.8. The second kappa shape index (κ2) is 6.76. The molecule has 20 heavy (non-hydrogen) atoms. The number of hydrogen-bond donors (Lipinski definition) is 2. The number of H-pyrrole nitrogens is 1. The molecule has 0 aliphatic carbocycles. The van der Waals surface area contributed by atoms with Crippen LogP contribution in [0.5, 0.6) is 0 Å². The zero-order chi connectivity index (χ0) is 14.5. The van der Waals surface area contributed by atoms with Gasteiger partial charge in [0.2, 0.25) is 0 Å². The van der Waals surface area contributed by atoms with Crippen molar-refractivity contribution in [2.45, 2.75) is 49.3 Å². The summed E-state index contributed by atoms with van der Waals surface area (Å²) in [6, 6.07) is 8.19. The van der Waals surface area contributed by atoms with Crippen LogP contribution in [0.4, 0.5) is 0 Å². The highest BCUT2D eigenvalue weighted by Crippen LogP contribution is 2.26. The van der Waals surface area contributed by atoms with Gasteiger partial charge in [-0.25, -0.2) is 9.89 Å². The van der Waals surface area contributed by atoms with E-state index < -0.39 is 0 Å². The molecule has 5 nitrogen and oxygen atoms in total. The fraction of sp³-hybridized carbons (Fsp3) is 0.429. The van der Waals surface area contributed by atoms with E-state index in [1.54, 1.807) is 4.57 Å². The number of nitrogens with one attached hydrogen (secondary N) is 1. The maximum absolute atomic E-state index is 11.6. The summed E-state index contributed by atoms with van der Waals surface area (Å²) in [5.41, 5.74) is 6.97. The lowest BCUT2D eigenvalue weighted by molar-refractivity contribution is 0.604. The van der Waals surface area contributed by atoms with E-state index in [4.69, 9.17) is 5.73 Å².